The summed E-state index contributed by atoms with van der Waals surface area (Å²) in [5.74, 6) is 0.306. The normalized spacial score (nSPS) is 21.0. The Balaban J connectivity index is 1.64. The predicted octanol–water partition coefficient (Wildman–Crippen LogP) is 3.11. The maximum absolute atomic E-state index is 13.0. The minimum absolute atomic E-state index is 0.0294. The van der Waals surface area contributed by atoms with Crippen LogP contribution in [0.25, 0.3) is 0 Å². The minimum Gasteiger partial charge on any atom is -0.361 e. The number of aryl methyl sites for hydroxylation is 1. The van der Waals surface area contributed by atoms with Crippen molar-refractivity contribution >= 4 is 5.91 Å². The van der Waals surface area contributed by atoms with E-state index < -0.39 is 0 Å². The fourth-order valence-corrected chi connectivity index (χ4v) is 3.51. The fraction of sp³-hybridized carbons (Fsp3) is 0.444. The standard InChI is InChI=1S/C18H20N2O3/c21-18(17-14-8-4-5-9-15(14)19-23-17)20-12-22-11-10-16(20)13-6-2-1-3-7-13/h1-3,6-7,16H,4-5,8-12H2. The molecule has 2 heterocycles. The summed E-state index contributed by atoms with van der Waals surface area (Å²) in [6.07, 6.45) is 4.79. The first-order chi connectivity index (χ1) is 11.3. The number of benzene rings is 1. The number of carbonyl (C=O) groups excluding carboxylic acids is 1. The van der Waals surface area contributed by atoms with Gasteiger partial charge >= 0.3 is 0 Å². The molecule has 5 heteroatoms. The van der Waals surface area contributed by atoms with Crippen LogP contribution < -0.4 is 0 Å². The zero-order valence-electron chi connectivity index (χ0n) is 13.0. The molecule has 1 atom stereocenters. The maximum atomic E-state index is 13.0. The first-order valence-electron chi connectivity index (χ1n) is 8.25. The second-order valence-electron chi connectivity index (χ2n) is 6.17. The lowest BCUT2D eigenvalue weighted by Crippen LogP contribution is -2.41. The third-order valence-corrected chi connectivity index (χ3v) is 4.74. The van der Waals surface area contributed by atoms with Crippen molar-refractivity contribution in [1.29, 1.82) is 0 Å². The molecule has 0 spiro atoms. The molecule has 5 nitrogen and oxygen atoms in total. The van der Waals surface area contributed by atoms with Gasteiger partial charge in [-0.25, -0.2) is 0 Å². The van der Waals surface area contributed by atoms with Crippen LogP contribution in [0.5, 0.6) is 0 Å². The summed E-state index contributed by atoms with van der Waals surface area (Å²) < 4.78 is 11.0. The molecule has 0 bridgehead atoms. The molecule has 0 saturated carbocycles. The highest BCUT2D eigenvalue weighted by Crippen LogP contribution is 2.31. The highest BCUT2D eigenvalue weighted by molar-refractivity contribution is 5.93. The van der Waals surface area contributed by atoms with Crippen LogP contribution in [0.4, 0.5) is 0 Å². The molecule has 120 valence electrons. The van der Waals surface area contributed by atoms with E-state index in [0.29, 0.717) is 19.1 Å². The van der Waals surface area contributed by atoms with Gasteiger partial charge in [-0.1, -0.05) is 35.5 Å². The van der Waals surface area contributed by atoms with Crippen LogP contribution in [-0.2, 0) is 17.6 Å². The van der Waals surface area contributed by atoms with Crippen molar-refractivity contribution in [3.8, 4) is 0 Å². The second kappa shape index (κ2) is 6.16. The van der Waals surface area contributed by atoms with Crippen molar-refractivity contribution in [3.63, 3.8) is 0 Å². The van der Waals surface area contributed by atoms with Crippen LogP contribution in [-0.4, -0.2) is 29.3 Å². The molecule has 1 aromatic heterocycles. The first kappa shape index (κ1) is 14.5. The zero-order chi connectivity index (χ0) is 15.6. The molecule has 1 fully saturated rings. The number of ether oxygens (including phenoxy) is 1. The summed E-state index contributed by atoms with van der Waals surface area (Å²) in [7, 11) is 0. The van der Waals surface area contributed by atoms with E-state index in [-0.39, 0.29) is 11.9 Å². The van der Waals surface area contributed by atoms with Crippen LogP contribution in [0.1, 0.15) is 52.7 Å². The average molecular weight is 312 g/mol. The Morgan fingerprint density at radius 3 is 2.87 bits per heavy atom. The highest BCUT2D eigenvalue weighted by Gasteiger charge is 2.34. The molecular formula is C18H20N2O3. The van der Waals surface area contributed by atoms with Crippen molar-refractivity contribution in [1.82, 2.24) is 10.1 Å². The third kappa shape index (κ3) is 2.65. The Morgan fingerprint density at radius 2 is 2.00 bits per heavy atom. The van der Waals surface area contributed by atoms with Crippen molar-refractivity contribution in [3.05, 3.63) is 52.9 Å². The van der Waals surface area contributed by atoms with Crippen molar-refractivity contribution in [2.24, 2.45) is 0 Å². The van der Waals surface area contributed by atoms with Crippen molar-refractivity contribution < 1.29 is 14.1 Å². The molecule has 4 rings (SSSR count). The second-order valence-corrected chi connectivity index (χ2v) is 6.17. The number of nitrogens with zero attached hydrogens (tertiary/aromatic N) is 2. The van der Waals surface area contributed by atoms with Crippen molar-refractivity contribution in [2.75, 3.05) is 13.3 Å². The number of aromatic nitrogens is 1. The zero-order valence-corrected chi connectivity index (χ0v) is 13.0. The van der Waals surface area contributed by atoms with Crippen LogP contribution in [0.2, 0.25) is 0 Å². The first-order valence-corrected chi connectivity index (χ1v) is 8.25. The van der Waals surface area contributed by atoms with Crippen LogP contribution >= 0.6 is 0 Å². The number of carbonyl (C=O) groups is 1. The van der Waals surface area contributed by atoms with E-state index in [1.807, 2.05) is 18.2 Å². The molecular weight excluding hydrogens is 292 g/mol. The number of hydrogen-bond donors (Lipinski definition) is 0. The van der Waals surface area contributed by atoms with Crippen LogP contribution in [0.15, 0.2) is 34.9 Å². The lowest BCUT2D eigenvalue weighted by molar-refractivity contribution is -0.0357. The summed E-state index contributed by atoms with van der Waals surface area (Å²) in [6.45, 7) is 0.964. The van der Waals surface area contributed by atoms with Gasteiger partial charge in [-0.15, -0.1) is 0 Å². The minimum atomic E-state index is -0.103. The quantitative estimate of drug-likeness (QED) is 0.855. The smallest absolute Gasteiger partial charge is 0.295 e. The van der Waals surface area contributed by atoms with Gasteiger partial charge in [0.2, 0.25) is 5.76 Å². The van der Waals surface area contributed by atoms with Gasteiger partial charge in [0.1, 0.15) is 6.73 Å². The molecule has 23 heavy (non-hydrogen) atoms. The van der Waals surface area contributed by atoms with Crippen molar-refractivity contribution in [2.45, 2.75) is 38.1 Å². The monoisotopic (exact) mass is 312 g/mol. The van der Waals surface area contributed by atoms with Gasteiger partial charge in [-0.3, -0.25) is 4.79 Å². The average Bonchev–Trinajstić information content (AvgIpc) is 3.06. The molecule has 2 aromatic rings. The number of rotatable bonds is 2. The number of fused-ring (bicyclic) bond motifs is 1. The van der Waals surface area contributed by atoms with E-state index in [1.54, 1.807) is 4.90 Å². The van der Waals surface area contributed by atoms with Gasteiger partial charge < -0.3 is 14.2 Å². The Labute approximate surface area is 135 Å². The summed E-state index contributed by atoms with van der Waals surface area (Å²) in [5.41, 5.74) is 3.09. The Bertz CT molecular complexity index is 696. The molecule has 2 aliphatic rings. The van der Waals surface area contributed by atoms with E-state index in [2.05, 4.69) is 17.3 Å². The molecule has 1 amide bonds. The maximum Gasteiger partial charge on any atom is 0.295 e. The Kier molecular flexibility index (Phi) is 3.87. The SMILES string of the molecule is O=C(c1onc2c1CCCC2)N1COCCC1c1ccccc1. The lowest BCUT2D eigenvalue weighted by atomic mass is 9.95. The number of amides is 1. The fourth-order valence-electron chi connectivity index (χ4n) is 3.51. The topological polar surface area (TPSA) is 55.6 Å². The highest BCUT2D eigenvalue weighted by atomic mass is 16.5. The van der Waals surface area contributed by atoms with Gasteiger partial charge in [0.25, 0.3) is 5.91 Å². The molecule has 1 saturated heterocycles. The molecule has 1 unspecified atom stereocenters. The van der Waals surface area contributed by atoms with Crippen LogP contribution in [0.3, 0.4) is 0 Å². The Hall–Kier alpha value is -2.14. The van der Waals surface area contributed by atoms with E-state index in [0.717, 1.165) is 48.9 Å². The summed E-state index contributed by atoms with van der Waals surface area (Å²) >= 11 is 0. The predicted molar refractivity (Wildman–Crippen MR) is 83.9 cm³/mol. The molecule has 1 aromatic carbocycles. The molecule has 1 aliphatic carbocycles. The number of hydrogen-bond acceptors (Lipinski definition) is 4. The molecule has 1 aliphatic heterocycles. The summed E-state index contributed by atoms with van der Waals surface area (Å²) in [5, 5.41) is 4.11. The third-order valence-electron chi connectivity index (χ3n) is 4.74. The van der Waals surface area contributed by atoms with E-state index in [9.17, 15) is 4.79 Å². The van der Waals surface area contributed by atoms with E-state index in [1.165, 1.54) is 0 Å². The van der Waals surface area contributed by atoms with Gasteiger partial charge in [-0.05, 0) is 37.7 Å². The summed E-state index contributed by atoms with van der Waals surface area (Å²) in [4.78, 5) is 14.8. The van der Waals surface area contributed by atoms with Gasteiger partial charge in [0.05, 0.1) is 18.3 Å². The summed E-state index contributed by atoms with van der Waals surface area (Å²) in [6, 6.07) is 10.1. The molecule has 0 radical (unpaired) electrons. The molecule has 0 N–H and O–H groups in total. The Morgan fingerprint density at radius 1 is 1.17 bits per heavy atom. The van der Waals surface area contributed by atoms with Crippen LogP contribution in [0, 0.1) is 0 Å². The van der Waals surface area contributed by atoms with E-state index >= 15 is 0 Å². The van der Waals surface area contributed by atoms with E-state index in [4.69, 9.17) is 9.26 Å². The van der Waals surface area contributed by atoms with Gasteiger partial charge in [0, 0.05) is 5.56 Å². The van der Waals surface area contributed by atoms with Gasteiger partial charge in [-0.2, -0.15) is 0 Å². The van der Waals surface area contributed by atoms with Gasteiger partial charge in [0.15, 0.2) is 0 Å². The largest absolute Gasteiger partial charge is 0.361 e. The lowest BCUT2D eigenvalue weighted by Gasteiger charge is -2.35.